The molecule has 0 saturated carbocycles. The highest BCUT2D eigenvalue weighted by Gasteiger charge is 2.36. The zero-order valence-corrected chi connectivity index (χ0v) is 16.8. The van der Waals surface area contributed by atoms with E-state index in [2.05, 4.69) is 0 Å². The van der Waals surface area contributed by atoms with Crippen LogP contribution in [0.5, 0.6) is 0 Å². The number of carbonyl (C=O) groups is 1. The first-order chi connectivity index (χ1) is 13.2. The van der Waals surface area contributed by atoms with Gasteiger partial charge in [0, 0.05) is 13.0 Å². The summed E-state index contributed by atoms with van der Waals surface area (Å²) in [6.45, 7) is -0.188. The SMILES string of the molecule is O=C(CCCCCCCC1OC1CCCCCCCCO)OCC(O)CO. The fraction of sp³-hybridized carbons (Fsp3) is 0.952. The molecule has 27 heavy (non-hydrogen) atoms. The third-order valence-corrected chi connectivity index (χ3v) is 5.10. The summed E-state index contributed by atoms with van der Waals surface area (Å²) in [5.41, 5.74) is 0. The highest BCUT2D eigenvalue weighted by molar-refractivity contribution is 5.69. The summed E-state index contributed by atoms with van der Waals surface area (Å²) in [6.07, 6.45) is 15.2. The average Bonchev–Trinajstić information content (AvgIpc) is 3.42. The van der Waals surface area contributed by atoms with Crippen LogP contribution in [0.3, 0.4) is 0 Å². The monoisotopic (exact) mass is 388 g/mol. The maximum atomic E-state index is 11.4. The van der Waals surface area contributed by atoms with Crippen molar-refractivity contribution < 1.29 is 29.6 Å². The number of ether oxygens (including phenoxy) is 2. The minimum Gasteiger partial charge on any atom is -0.463 e. The number of esters is 1. The zero-order valence-electron chi connectivity index (χ0n) is 16.8. The molecule has 1 heterocycles. The van der Waals surface area contributed by atoms with E-state index in [1.165, 1.54) is 44.9 Å². The van der Waals surface area contributed by atoms with Crippen LogP contribution in [0.1, 0.15) is 89.9 Å². The molecule has 0 aromatic heterocycles. The number of hydrogen-bond donors (Lipinski definition) is 3. The van der Waals surface area contributed by atoms with Gasteiger partial charge >= 0.3 is 5.97 Å². The summed E-state index contributed by atoms with van der Waals surface area (Å²) >= 11 is 0. The Morgan fingerprint density at radius 1 is 0.815 bits per heavy atom. The lowest BCUT2D eigenvalue weighted by Crippen LogP contribution is -2.21. The van der Waals surface area contributed by atoms with Gasteiger partial charge in [-0.3, -0.25) is 4.79 Å². The van der Waals surface area contributed by atoms with E-state index in [9.17, 15) is 4.79 Å². The van der Waals surface area contributed by atoms with E-state index in [4.69, 9.17) is 24.8 Å². The van der Waals surface area contributed by atoms with E-state index >= 15 is 0 Å². The van der Waals surface area contributed by atoms with Crippen molar-refractivity contribution in [3.05, 3.63) is 0 Å². The second-order valence-electron chi connectivity index (χ2n) is 7.67. The topological polar surface area (TPSA) is 99.5 Å². The van der Waals surface area contributed by atoms with Gasteiger partial charge in [-0.25, -0.2) is 0 Å². The van der Waals surface area contributed by atoms with Crippen LogP contribution in [0.15, 0.2) is 0 Å². The van der Waals surface area contributed by atoms with Crippen LogP contribution in [-0.4, -0.2) is 59.4 Å². The first-order valence-electron chi connectivity index (χ1n) is 10.9. The fourth-order valence-corrected chi connectivity index (χ4v) is 3.31. The number of aliphatic hydroxyl groups excluding tert-OH is 3. The van der Waals surface area contributed by atoms with Gasteiger partial charge in [-0.2, -0.15) is 0 Å². The van der Waals surface area contributed by atoms with Gasteiger partial charge in [0.15, 0.2) is 0 Å². The Hall–Kier alpha value is -0.690. The smallest absolute Gasteiger partial charge is 0.305 e. The number of hydrogen-bond acceptors (Lipinski definition) is 6. The summed E-state index contributed by atoms with van der Waals surface area (Å²) in [7, 11) is 0. The van der Waals surface area contributed by atoms with Crippen molar-refractivity contribution in [3.63, 3.8) is 0 Å². The Labute approximate surface area is 164 Å². The second-order valence-corrected chi connectivity index (χ2v) is 7.67. The van der Waals surface area contributed by atoms with E-state index in [0.29, 0.717) is 25.2 Å². The van der Waals surface area contributed by atoms with Gasteiger partial charge < -0.3 is 24.8 Å². The van der Waals surface area contributed by atoms with Gasteiger partial charge in [0.25, 0.3) is 0 Å². The van der Waals surface area contributed by atoms with Crippen molar-refractivity contribution in [2.24, 2.45) is 0 Å². The molecule has 1 rings (SSSR count). The molecule has 0 radical (unpaired) electrons. The third-order valence-electron chi connectivity index (χ3n) is 5.10. The Morgan fingerprint density at radius 3 is 1.89 bits per heavy atom. The van der Waals surface area contributed by atoms with Crippen molar-refractivity contribution in [1.29, 1.82) is 0 Å². The lowest BCUT2D eigenvalue weighted by molar-refractivity contribution is -0.147. The molecular weight excluding hydrogens is 348 g/mol. The first-order valence-corrected chi connectivity index (χ1v) is 10.9. The van der Waals surface area contributed by atoms with E-state index in [-0.39, 0.29) is 19.2 Å². The Morgan fingerprint density at radius 2 is 1.33 bits per heavy atom. The summed E-state index contributed by atoms with van der Waals surface area (Å²) in [6, 6.07) is 0. The minimum atomic E-state index is -0.973. The van der Waals surface area contributed by atoms with Gasteiger partial charge in [-0.05, 0) is 25.7 Å². The van der Waals surface area contributed by atoms with Gasteiger partial charge in [0.2, 0.25) is 0 Å². The van der Waals surface area contributed by atoms with Crippen molar-refractivity contribution in [2.75, 3.05) is 19.8 Å². The molecule has 3 unspecified atom stereocenters. The molecule has 160 valence electrons. The molecule has 1 saturated heterocycles. The summed E-state index contributed by atoms with van der Waals surface area (Å²) < 4.78 is 10.6. The van der Waals surface area contributed by atoms with E-state index < -0.39 is 6.10 Å². The number of epoxide rings is 1. The van der Waals surface area contributed by atoms with Gasteiger partial charge in [-0.1, -0.05) is 57.8 Å². The summed E-state index contributed by atoms with van der Waals surface area (Å²) in [5.74, 6) is -0.301. The van der Waals surface area contributed by atoms with Crippen molar-refractivity contribution in [1.82, 2.24) is 0 Å². The Bertz CT molecular complexity index is 363. The highest BCUT2D eigenvalue weighted by Crippen LogP contribution is 2.31. The highest BCUT2D eigenvalue weighted by atomic mass is 16.6. The van der Waals surface area contributed by atoms with Crippen LogP contribution in [0.25, 0.3) is 0 Å². The molecule has 0 amide bonds. The summed E-state index contributed by atoms with van der Waals surface area (Å²) in [5, 5.41) is 26.5. The lowest BCUT2D eigenvalue weighted by atomic mass is 10.0. The predicted octanol–water partition coefficient (Wildman–Crippen LogP) is 3.10. The number of aliphatic hydroxyl groups is 3. The second kappa shape index (κ2) is 16.3. The van der Waals surface area contributed by atoms with Crippen molar-refractivity contribution in [2.45, 2.75) is 108 Å². The fourth-order valence-electron chi connectivity index (χ4n) is 3.31. The predicted molar refractivity (Wildman–Crippen MR) is 104 cm³/mol. The van der Waals surface area contributed by atoms with E-state index in [0.717, 1.165) is 38.5 Å². The number of unbranched alkanes of at least 4 members (excludes halogenated alkanes) is 9. The quantitative estimate of drug-likeness (QED) is 0.179. The first kappa shape index (κ1) is 24.3. The van der Waals surface area contributed by atoms with Crippen LogP contribution in [0, 0.1) is 0 Å². The van der Waals surface area contributed by atoms with Gasteiger partial charge in [-0.15, -0.1) is 0 Å². The standard InChI is InChI=1S/C21H40O6/c22-15-11-7-2-1-4-8-12-19-20(27-19)13-9-5-3-6-10-14-21(25)26-17-18(24)16-23/h18-20,22-24H,1-17H2. The Balaban J connectivity index is 1.79. The molecule has 0 bridgehead atoms. The normalized spacial score (nSPS) is 19.8. The molecule has 0 aromatic rings. The molecule has 3 N–H and O–H groups in total. The van der Waals surface area contributed by atoms with Crippen LogP contribution >= 0.6 is 0 Å². The maximum absolute atomic E-state index is 11.4. The van der Waals surface area contributed by atoms with Gasteiger partial charge in [0.05, 0.1) is 18.8 Å². The van der Waals surface area contributed by atoms with E-state index in [1.54, 1.807) is 0 Å². The van der Waals surface area contributed by atoms with Crippen LogP contribution in [0.4, 0.5) is 0 Å². The van der Waals surface area contributed by atoms with Crippen molar-refractivity contribution >= 4 is 5.97 Å². The molecule has 0 aromatic carbocycles. The molecule has 1 aliphatic heterocycles. The molecule has 6 nitrogen and oxygen atoms in total. The van der Waals surface area contributed by atoms with Crippen LogP contribution in [0.2, 0.25) is 0 Å². The van der Waals surface area contributed by atoms with E-state index in [1.807, 2.05) is 0 Å². The molecular formula is C21H40O6. The van der Waals surface area contributed by atoms with Crippen molar-refractivity contribution in [3.8, 4) is 0 Å². The van der Waals surface area contributed by atoms with Gasteiger partial charge in [0.1, 0.15) is 12.7 Å². The molecule has 0 aliphatic carbocycles. The van der Waals surface area contributed by atoms with Crippen LogP contribution < -0.4 is 0 Å². The molecule has 6 heteroatoms. The molecule has 0 spiro atoms. The largest absolute Gasteiger partial charge is 0.463 e. The molecule has 1 aliphatic rings. The lowest BCUT2D eigenvalue weighted by Gasteiger charge is -2.08. The number of rotatable bonds is 19. The average molecular weight is 389 g/mol. The summed E-state index contributed by atoms with van der Waals surface area (Å²) in [4.78, 5) is 11.4. The van der Waals surface area contributed by atoms with Crippen LogP contribution in [-0.2, 0) is 14.3 Å². The third kappa shape index (κ3) is 14.0. The zero-order chi connectivity index (χ0) is 19.7. The Kier molecular flexibility index (Phi) is 14.7. The maximum Gasteiger partial charge on any atom is 0.305 e. The molecule has 1 fully saturated rings. The molecule has 3 atom stereocenters. The number of carbonyl (C=O) groups excluding carboxylic acids is 1. The minimum absolute atomic E-state index is 0.123.